The number of hydrogen-bond donors (Lipinski definition) is 1. The van der Waals surface area contributed by atoms with E-state index in [0.29, 0.717) is 0 Å². The summed E-state index contributed by atoms with van der Waals surface area (Å²) in [6.07, 6.45) is 0. The van der Waals surface area contributed by atoms with Crippen molar-refractivity contribution in [2.75, 3.05) is 0 Å². The van der Waals surface area contributed by atoms with Crippen molar-refractivity contribution in [3.05, 3.63) is 0 Å². The van der Waals surface area contributed by atoms with Crippen molar-refractivity contribution < 1.29 is 31.0 Å². The summed E-state index contributed by atoms with van der Waals surface area (Å²) >= 11 is 0. The Bertz CT molecular complexity index is 60.7. The molecule has 0 radical (unpaired) electrons. The summed E-state index contributed by atoms with van der Waals surface area (Å²) in [6, 6.07) is 0. The van der Waals surface area contributed by atoms with Crippen molar-refractivity contribution >= 4 is 5.97 Å². The maximum atomic E-state index is 9.70. The van der Waals surface area contributed by atoms with Crippen molar-refractivity contribution in [2.45, 2.75) is 13.8 Å². The molecular formula is C4H8MoO2. The minimum atomic E-state index is -0.741. The largest absolute Gasteiger partial charge is 0.481 e. The summed E-state index contributed by atoms with van der Waals surface area (Å²) in [5, 5.41) is 7.99. The van der Waals surface area contributed by atoms with E-state index in [-0.39, 0.29) is 27.0 Å². The minimum Gasteiger partial charge on any atom is -0.481 e. The standard InChI is InChI=1S/C4H8O2.Mo/c1-3(2)4(5)6;/h3H,1-2H3,(H,5,6);. The quantitative estimate of drug-likeness (QED) is 0.609. The Kier molecular flexibility index (Phi) is 6.30. The molecule has 1 N–H and O–H groups in total. The molecule has 0 fully saturated rings. The molecule has 0 heterocycles. The van der Waals surface area contributed by atoms with Gasteiger partial charge in [-0.3, -0.25) is 4.79 Å². The van der Waals surface area contributed by atoms with E-state index in [1.165, 1.54) is 0 Å². The Hall–Kier alpha value is 0.158. The van der Waals surface area contributed by atoms with Gasteiger partial charge < -0.3 is 5.11 Å². The van der Waals surface area contributed by atoms with E-state index in [9.17, 15) is 4.79 Å². The first-order valence-corrected chi connectivity index (χ1v) is 1.87. The van der Waals surface area contributed by atoms with Crippen LogP contribution in [0.3, 0.4) is 0 Å². The molecule has 0 aliphatic heterocycles. The summed E-state index contributed by atoms with van der Waals surface area (Å²) in [5.74, 6) is -0.972. The van der Waals surface area contributed by atoms with E-state index in [1.54, 1.807) is 13.8 Å². The van der Waals surface area contributed by atoms with Crippen LogP contribution in [0.2, 0.25) is 0 Å². The van der Waals surface area contributed by atoms with Crippen LogP contribution in [-0.2, 0) is 25.9 Å². The van der Waals surface area contributed by atoms with Gasteiger partial charge >= 0.3 is 5.97 Å². The first-order valence-electron chi connectivity index (χ1n) is 1.87. The molecule has 2 nitrogen and oxygen atoms in total. The van der Waals surface area contributed by atoms with Gasteiger partial charge in [0.05, 0.1) is 5.92 Å². The van der Waals surface area contributed by atoms with Gasteiger partial charge in [-0.05, 0) is 0 Å². The van der Waals surface area contributed by atoms with Crippen molar-refractivity contribution in [2.24, 2.45) is 5.92 Å². The summed E-state index contributed by atoms with van der Waals surface area (Å²) in [6.45, 7) is 3.28. The van der Waals surface area contributed by atoms with Crippen LogP contribution < -0.4 is 0 Å². The first-order chi connectivity index (χ1) is 2.64. The van der Waals surface area contributed by atoms with Crippen molar-refractivity contribution in [1.82, 2.24) is 0 Å². The number of carboxylic acids is 1. The average molecular weight is 184 g/mol. The molecule has 0 amide bonds. The zero-order valence-electron chi connectivity index (χ0n) is 4.34. The molecular weight excluding hydrogens is 176 g/mol. The summed E-state index contributed by atoms with van der Waals surface area (Å²) in [5.41, 5.74) is 0. The first kappa shape index (κ1) is 10.2. The normalized spacial score (nSPS) is 7.86. The fraction of sp³-hybridized carbons (Fsp3) is 0.750. The molecule has 0 saturated heterocycles. The molecule has 0 aliphatic carbocycles. The van der Waals surface area contributed by atoms with Crippen LogP contribution in [0.4, 0.5) is 0 Å². The Morgan fingerprint density at radius 2 is 1.71 bits per heavy atom. The molecule has 0 saturated carbocycles. The molecule has 3 heteroatoms. The summed E-state index contributed by atoms with van der Waals surface area (Å²) in [4.78, 5) is 9.70. The zero-order chi connectivity index (χ0) is 5.15. The Morgan fingerprint density at radius 3 is 1.71 bits per heavy atom. The van der Waals surface area contributed by atoms with Gasteiger partial charge in [0, 0.05) is 21.1 Å². The molecule has 0 spiro atoms. The van der Waals surface area contributed by atoms with Gasteiger partial charge in [0.1, 0.15) is 0 Å². The fourth-order valence-electron chi connectivity index (χ4n) is 0. The van der Waals surface area contributed by atoms with Crippen LogP contribution in [0.25, 0.3) is 0 Å². The number of hydrogen-bond acceptors (Lipinski definition) is 1. The second-order valence-corrected chi connectivity index (χ2v) is 1.49. The summed E-state index contributed by atoms with van der Waals surface area (Å²) < 4.78 is 0. The van der Waals surface area contributed by atoms with E-state index < -0.39 is 5.97 Å². The second kappa shape index (κ2) is 4.32. The molecule has 0 aliphatic rings. The van der Waals surface area contributed by atoms with E-state index in [1.807, 2.05) is 0 Å². The van der Waals surface area contributed by atoms with Crippen LogP contribution in [0.15, 0.2) is 0 Å². The molecule has 0 aromatic heterocycles. The molecule has 0 rings (SSSR count). The van der Waals surface area contributed by atoms with Gasteiger partial charge in [0.25, 0.3) is 0 Å². The van der Waals surface area contributed by atoms with Crippen LogP contribution in [0.1, 0.15) is 13.8 Å². The fourth-order valence-corrected chi connectivity index (χ4v) is 0. The zero-order valence-corrected chi connectivity index (χ0v) is 6.35. The maximum absolute atomic E-state index is 9.70. The van der Waals surface area contributed by atoms with E-state index >= 15 is 0 Å². The smallest absolute Gasteiger partial charge is 0.305 e. The van der Waals surface area contributed by atoms with Crippen molar-refractivity contribution in [3.63, 3.8) is 0 Å². The average Bonchev–Trinajstić information content (AvgIpc) is 1.36. The van der Waals surface area contributed by atoms with Gasteiger partial charge in [0.2, 0.25) is 0 Å². The van der Waals surface area contributed by atoms with E-state index in [2.05, 4.69) is 0 Å². The molecule has 0 unspecified atom stereocenters. The van der Waals surface area contributed by atoms with Crippen LogP contribution in [0.5, 0.6) is 0 Å². The minimum absolute atomic E-state index is 0. The Labute approximate surface area is 57.2 Å². The topological polar surface area (TPSA) is 37.3 Å². The van der Waals surface area contributed by atoms with E-state index in [4.69, 9.17) is 5.11 Å². The predicted octanol–water partition coefficient (Wildman–Crippen LogP) is 0.724. The third-order valence-corrected chi connectivity index (χ3v) is 0.494. The number of aliphatic carboxylic acids is 1. The number of carboxylic acid groups (broad SMARTS) is 1. The van der Waals surface area contributed by atoms with Gasteiger partial charge in [-0.1, -0.05) is 13.8 Å². The van der Waals surface area contributed by atoms with Crippen LogP contribution in [-0.4, -0.2) is 11.1 Å². The molecule has 42 valence electrons. The second-order valence-electron chi connectivity index (χ2n) is 1.49. The van der Waals surface area contributed by atoms with Crippen molar-refractivity contribution in [3.8, 4) is 0 Å². The van der Waals surface area contributed by atoms with Gasteiger partial charge in [0.15, 0.2) is 0 Å². The third kappa shape index (κ3) is 6.16. The van der Waals surface area contributed by atoms with Crippen molar-refractivity contribution in [1.29, 1.82) is 0 Å². The monoisotopic (exact) mass is 186 g/mol. The van der Waals surface area contributed by atoms with Crippen LogP contribution >= 0.6 is 0 Å². The Morgan fingerprint density at radius 1 is 1.57 bits per heavy atom. The van der Waals surface area contributed by atoms with Gasteiger partial charge in [-0.2, -0.15) is 0 Å². The molecule has 0 atom stereocenters. The van der Waals surface area contributed by atoms with Crippen LogP contribution in [0, 0.1) is 5.92 Å². The SMILES string of the molecule is CC(C)C(=O)O.[Mo]. The molecule has 0 bridgehead atoms. The molecule has 7 heavy (non-hydrogen) atoms. The molecule has 0 aromatic rings. The molecule has 0 aromatic carbocycles. The van der Waals surface area contributed by atoms with Gasteiger partial charge in [-0.25, -0.2) is 0 Å². The third-order valence-electron chi connectivity index (χ3n) is 0.494. The number of carbonyl (C=O) groups is 1. The van der Waals surface area contributed by atoms with E-state index in [0.717, 1.165) is 0 Å². The maximum Gasteiger partial charge on any atom is 0.305 e. The Balaban J connectivity index is 0. The van der Waals surface area contributed by atoms with Gasteiger partial charge in [-0.15, -0.1) is 0 Å². The number of rotatable bonds is 1. The summed E-state index contributed by atoms with van der Waals surface area (Å²) in [7, 11) is 0. The predicted molar refractivity (Wildman–Crippen MR) is 22.5 cm³/mol.